The molecule has 0 saturated carbocycles. The van der Waals surface area contributed by atoms with Gasteiger partial charge in [0.15, 0.2) is 0 Å². The van der Waals surface area contributed by atoms with E-state index in [0.717, 1.165) is 0 Å². The number of amides is 1. The molecule has 1 atom stereocenters. The van der Waals surface area contributed by atoms with Crippen LogP contribution in [-0.4, -0.2) is 22.0 Å². The van der Waals surface area contributed by atoms with Crippen molar-refractivity contribution in [2.45, 2.75) is 19.9 Å². The van der Waals surface area contributed by atoms with Gasteiger partial charge in [0.05, 0.1) is 12.4 Å². The number of aromatic nitrogens is 2. The second-order valence-electron chi connectivity index (χ2n) is 3.18. The first-order valence-corrected chi connectivity index (χ1v) is 4.91. The third-order valence-corrected chi connectivity index (χ3v) is 2.11. The fourth-order valence-electron chi connectivity index (χ4n) is 1.19. The van der Waals surface area contributed by atoms with E-state index < -0.39 is 5.92 Å². The Morgan fingerprint density at radius 3 is 3.07 bits per heavy atom. The number of nitriles is 1. The average Bonchev–Trinajstić information content (AvgIpc) is 2.72. The molecule has 0 fully saturated rings. The molecule has 1 aromatic heterocycles. The normalized spacial score (nSPS) is 11.7. The maximum absolute atomic E-state index is 11.4. The molecule has 0 bridgehead atoms. The number of hydrogen-bond donors (Lipinski definition) is 1. The highest BCUT2D eigenvalue weighted by Gasteiger charge is 2.13. The summed E-state index contributed by atoms with van der Waals surface area (Å²) in [5, 5.41) is 11.4. The lowest BCUT2D eigenvalue weighted by atomic mass is 10.1. The van der Waals surface area contributed by atoms with Crippen LogP contribution >= 0.6 is 0 Å². The van der Waals surface area contributed by atoms with Gasteiger partial charge in [-0.05, 0) is 6.42 Å². The summed E-state index contributed by atoms with van der Waals surface area (Å²) in [6.07, 6.45) is 5.75. The summed E-state index contributed by atoms with van der Waals surface area (Å²) in [5.74, 6) is -0.729. The molecule has 1 rings (SSSR count). The molecule has 0 aromatic carbocycles. The Hall–Kier alpha value is -1.83. The van der Waals surface area contributed by atoms with Crippen molar-refractivity contribution in [3.8, 4) is 6.07 Å². The van der Waals surface area contributed by atoms with Crippen molar-refractivity contribution in [2.75, 3.05) is 6.54 Å². The first kappa shape index (κ1) is 11.2. The summed E-state index contributed by atoms with van der Waals surface area (Å²) in [6, 6.07) is 1.96. The minimum atomic E-state index is -0.534. The van der Waals surface area contributed by atoms with Gasteiger partial charge in [0.2, 0.25) is 5.91 Å². The van der Waals surface area contributed by atoms with Crippen LogP contribution in [0, 0.1) is 17.2 Å². The Bertz CT molecular complexity index is 339. The molecule has 1 N–H and O–H groups in total. The molecule has 0 aliphatic carbocycles. The van der Waals surface area contributed by atoms with Crippen LogP contribution in [0.3, 0.4) is 0 Å². The summed E-state index contributed by atoms with van der Waals surface area (Å²) in [5.41, 5.74) is 0. The second-order valence-corrected chi connectivity index (χ2v) is 3.18. The van der Waals surface area contributed by atoms with Gasteiger partial charge in [0, 0.05) is 25.5 Å². The largest absolute Gasteiger partial charge is 0.353 e. The monoisotopic (exact) mass is 206 g/mol. The van der Waals surface area contributed by atoms with E-state index in [2.05, 4.69) is 10.3 Å². The summed E-state index contributed by atoms with van der Waals surface area (Å²) >= 11 is 0. The van der Waals surface area contributed by atoms with E-state index in [-0.39, 0.29) is 5.91 Å². The van der Waals surface area contributed by atoms with Gasteiger partial charge >= 0.3 is 0 Å². The zero-order valence-corrected chi connectivity index (χ0v) is 8.68. The first-order valence-electron chi connectivity index (χ1n) is 4.91. The molecule has 0 spiro atoms. The summed E-state index contributed by atoms with van der Waals surface area (Å²) < 4.78 is 1.87. The molecule has 1 aromatic rings. The summed E-state index contributed by atoms with van der Waals surface area (Å²) in [4.78, 5) is 15.3. The third-order valence-electron chi connectivity index (χ3n) is 2.11. The molecular formula is C10H14N4O. The first-order chi connectivity index (χ1) is 7.27. The van der Waals surface area contributed by atoms with Gasteiger partial charge in [-0.2, -0.15) is 5.26 Å². The van der Waals surface area contributed by atoms with Gasteiger partial charge in [-0.25, -0.2) is 4.98 Å². The van der Waals surface area contributed by atoms with Crippen molar-refractivity contribution in [1.82, 2.24) is 14.9 Å². The molecular weight excluding hydrogens is 192 g/mol. The van der Waals surface area contributed by atoms with Gasteiger partial charge in [-0.3, -0.25) is 4.79 Å². The molecule has 5 heteroatoms. The van der Waals surface area contributed by atoms with Crippen LogP contribution in [0.15, 0.2) is 18.7 Å². The second kappa shape index (κ2) is 5.81. The number of imidazole rings is 1. The lowest BCUT2D eigenvalue weighted by Gasteiger charge is -2.08. The number of rotatable bonds is 5. The topological polar surface area (TPSA) is 70.7 Å². The SMILES string of the molecule is CCC(C#N)C(=O)NCCn1ccnc1. The molecule has 0 aliphatic rings. The fraction of sp³-hybridized carbons (Fsp3) is 0.500. The van der Waals surface area contributed by atoms with Crippen LogP contribution in [0.2, 0.25) is 0 Å². The van der Waals surface area contributed by atoms with Crippen molar-refractivity contribution in [3.05, 3.63) is 18.7 Å². The number of carbonyl (C=O) groups is 1. The summed E-state index contributed by atoms with van der Waals surface area (Å²) in [6.45, 7) is 3.02. The van der Waals surface area contributed by atoms with E-state index in [1.807, 2.05) is 23.8 Å². The minimum Gasteiger partial charge on any atom is -0.353 e. The predicted molar refractivity (Wildman–Crippen MR) is 54.6 cm³/mol. The van der Waals surface area contributed by atoms with Crippen molar-refractivity contribution < 1.29 is 4.79 Å². The van der Waals surface area contributed by atoms with Crippen LogP contribution in [0.5, 0.6) is 0 Å². The van der Waals surface area contributed by atoms with Gasteiger partial charge in [-0.15, -0.1) is 0 Å². The van der Waals surface area contributed by atoms with E-state index in [9.17, 15) is 4.79 Å². The molecule has 1 amide bonds. The summed E-state index contributed by atoms with van der Waals surface area (Å²) in [7, 11) is 0. The van der Waals surface area contributed by atoms with Crippen molar-refractivity contribution in [2.24, 2.45) is 5.92 Å². The van der Waals surface area contributed by atoms with E-state index in [4.69, 9.17) is 5.26 Å². The zero-order valence-electron chi connectivity index (χ0n) is 8.68. The van der Waals surface area contributed by atoms with Crippen molar-refractivity contribution in [1.29, 1.82) is 5.26 Å². The molecule has 0 radical (unpaired) electrons. The Labute approximate surface area is 88.7 Å². The van der Waals surface area contributed by atoms with Crippen molar-refractivity contribution >= 4 is 5.91 Å². The van der Waals surface area contributed by atoms with E-state index in [0.29, 0.717) is 19.5 Å². The third kappa shape index (κ3) is 3.43. The average molecular weight is 206 g/mol. The highest BCUT2D eigenvalue weighted by Crippen LogP contribution is 1.99. The van der Waals surface area contributed by atoms with Crippen LogP contribution in [0.1, 0.15) is 13.3 Å². The van der Waals surface area contributed by atoms with E-state index in [1.165, 1.54) is 0 Å². The maximum atomic E-state index is 11.4. The Morgan fingerprint density at radius 2 is 2.53 bits per heavy atom. The van der Waals surface area contributed by atoms with E-state index >= 15 is 0 Å². The molecule has 0 aliphatic heterocycles. The Kier molecular flexibility index (Phi) is 4.35. The number of hydrogen-bond acceptors (Lipinski definition) is 3. The van der Waals surface area contributed by atoms with Crippen LogP contribution < -0.4 is 5.32 Å². The predicted octanol–water partition coefficient (Wildman–Crippen LogP) is 0.549. The fourth-order valence-corrected chi connectivity index (χ4v) is 1.19. The van der Waals surface area contributed by atoms with Crippen LogP contribution in [0.4, 0.5) is 0 Å². The molecule has 1 unspecified atom stereocenters. The number of carbonyl (C=O) groups excluding carboxylic acids is 1. The molecule has 1 heterocycles. The highest BCUT2D eigenvalue weighted by molar-refractivity contribution is 5.80. The van der Waals surface area contributed by atoms with Gasteiger partial charge in [-0.1, -0.05) is 6.92 Å². The maximum Gasteiger partial charge on any atom is 0.237 e. The molecule has 80 valence electrons. The quantitative estimate of drug-likeness (QED) is 0.764. The van der Waals surface area contributed by atoms with Gasteiger partial charge in [0.25, 0.3) is 0 Å². The van der Waals surface area contributed by atoms with Gasteiger partial charge < -0.3 is 9.88 Å². The lowest BCUT2D eigenvalue weighted by molar-refractivity contribution is -0.123. The lowest BCUT2D eigenvalue weighted by Crippen LogP contribution is -2.32. The van der Waals surface area contributed by atoms with E-state index in [1.54, 1.807) is 12.5 Å². The Balaban J connectivity index is 2.26. The van der Waals surface area contributed by atoms with Gasteiger partial charge in [0.1, 0.15) is 5.92 Å². The minimum absolute atomic E-state index is 0.194. The number of nitrogens with one attached hydrogen (secondary N) is 1. The number of nitrogens with zero attached hydrogens (tertiary/aromatic N) is 3. The Morgan fingerprint density at radius 1 is 1.73 bits per heavy atom. The van der Waals surface area contributed by atoms with Crippen LogP contribution in [0.25, 0.3) is 0 Å². The van der Waals surface area contributed by atoms with Crippen molar-refractivity contribution in [3.63, 3.8) is 0 Å². The van der Waals surface area contributed by atoms with Crippen LogP contribution in [-0.2, 0) is 11.3 Å². The highest BCUT2D eigenvalue weighted by atomic mass is 16.1. The molecule has 5 nitrogen and oxygen atoms in total. The smallest absolute Gasteiger partial charge is 0.237 e. The molecule has 0 saturated heterocycles. The molecule has 15 heavy (non-hydrogen) atoms. The zero-order chi connectivity index (χ0) is 11.1. The standard InChI is InChI=1S/C10H14N4O/c1-2-9(7-11)10(15)13-4-6-14-5-3-12-8-14/h3,5,8-9H,2,4,6H2,1H3,(H,13,15).